The molecule has 0 bridgehead atoms. The number of hydrazine groups is 1. The van der Waals surface area contributed by atoms with E-state index in [1.54, 1.807) is 19.3 Å². The molecular weight excluding hydrogens is 414 g/mol. The fraction of sp³-hybridized carbons (Fsp3) is 0.261. The fourth-order valence-electron chi connectivity index (χ4n) is 2.70. The molecule has 0 aliphatic rings. The minimum Gasteiger partial charge on any atom is -0.496 e. The Balaban J connectivity index is 1.78. The van der Waals surface area contributed by atoms with Gasteiger partial charge in [0.25, 0.3) is 5.91 Å². The summed E-state index contributed by atoms with van der Waals surface area (Å²) in [6.45, 7) is 4.01. The maximum atomic E-state index is 12.0. The quantitative estimate of drug-likeness (QED) is 0.331. The number of benzene rings is 2. The van der Waals surface area contributed by atoms with E-state index in [2.05, 4.69) is 30.0 Å². The second kappa shape index (κ2) is 12.3. The Bertz CT molecular complexity index is 946. The van der Waals surface area contributed by atoms with Gasteiger partial charge in [0.05, 0.1) is 7.11 Å². The van der Waals surface area contributed by atoms with Gasteiger partial charge in [0, 0.05) is 11.6 Å². The molecule has 8 heteroatoms. The van der Waals surface area contributed by atoms with Gasteiger partial charge in [0.2, 0.25) is 5.91 Å². The number of methoxy groups -OCH3 is 1. The molecule has 3 N–H and O–H groups in total. The molecule has 2 amide bonds. The molecule has 0 radical (unpaired) electrons. The van der Waals surface area contributed by atoms with Crippen LogP contribution < -0.4 is 25.6 Å². The summed E-state index contributed by atoms with van der Waals surface area (Å²) in [5.41, 5.74) is 6.68. The van der Waals surface area contributed by atoms with Crippen molar-refractivity contribution in [3.8, 4) is 11.5 Å². The second-order valence-corrected chi connectivity index (χ2v) is 7.11. The van der Waals surface area contributed by atoms with Crippen LogP contribution in [0.5, 0.6) is 11.5 Å². The average Bonchev–Trinajstić information content (AvgIpc) is 2.79. The van der Waals surface area contributed by atoms with E-state index in [0.29, 0.717) is 17.4 Å². The number of rotatable bonds is 8. The maximum Gasteiger partial charge on any atom is 0.276 e. The van der Waals surface area contributed by atoms with Crippen LogP contribution in [-0.4, -0.2) is 30.6 Å². The third-order valence-electron chi connectivity index (χ3n) is 4.53. The van der Waals surface area contributed by atoms with Gasteiger partial charge >= 0.3 is 0 Å². The van der Waals surface area contributed by atoms with Crippen LogP contribution in [0, 0.1) is 0 Å². The SMILES string of the molecule is CCC(C)c1ccccc1OCC(=O)NNC(=S)NC(=O)/C=C/c1ccccc1OC. The van der Waals surface area contributed by atoms with Crippen LogP contribution in [0.1, 0.15) is 37.3 Å². The first-order chi connectivity index (χ1) is 14.9. The van der Waals surface area contributed by atoms with Crippen molar-refractivity contribution in [1.29, 1.82) is 0 Å². The topological polar surface area (TPSA) is 88.7 Å². The van der Waals surface area contributed by atoms with Gasteiger partial charge in [-0.15, -0.1) is 0 Å². The van der Waals surface area contributed by atoms with Crippen molar-refractivity contribution in [1.82, 2.24) is 16.2 Å². The Morgan fingerprint density at radius 1 is 1.06 bits per heavy atom. The van der Waals surface area contributed by atoms with E-state index in [0.717, 1.165) is 17.5 Å². The molecule has 2 aromatic rings. The van der Waals surface area contributed by atoms with Gasteiger partial charge < -0.3 is 9.47 Å². The van der Waals surface area contributed by atoms with E-state index in [1.165, 1.54) is 6.08 Å². The number of para-hydroxylation sites is 2. The number of hydrogen-bond donors (Lipinski definition) is 3. The summed E-state index contributed by atoms with van der Waals surface area (Å²) in [6, 6.07) is 14.9. The minimum atomic E-state index is -0.448. The van der Waals surface area contributed by atoms with Crippen LogP contribution in [0.4, 0.5) is 0 Å². The van der Waals surface area contributed by atoms with Crippen LogP contribution in [0.3, 0.4) is 0 Å². The maximum absolute atomic E-state index is 12.0. The first-order valence-corrected chi connectivity index (χ1v) is 10.3. The first kappa shape index (κ1) is 23.9. The van der Waals surface area contributed by atoms with Crippen molar-refractivity contribution in [2.75, 3.05) is 13.7 Å². The van der Waals surface area contributed by atoms with Crippen LogP contribution in [0.15, 0.2) is 54.6 Å². The molecule has 0 aliphatic heterocycles. The Hall–Kier alpha value is -3.39. The average molecular weight is 442 g/mol. The van der Waals surface area contributed by atoms with Crippen LogP contribution in [-0.2, 0) is 9.59 Å². The van der Waals surface area contributed by atoms with Crippen molar-refractivity contribution < 1.29 is 19.1 Å². The lowest BCUT2D eigenvalue weighted by Crippen LogP contribution is -2.49. The number of amides is 2. The molecule has 0 aliphatic carbocycles. The van der Waals surface area contributed by atoms with E-state index >= 15 is 0 Å². The van der Waals surface area contributed by atoms with Gasteiger partial charge in [0.15, 0.2) is 11.7 Å². The van der Waals surface area contributed by atoms with E-state index in [9.17, 15) is 9.59 Å². The minimum absolute atomic E-state index is 0.0389. The predicted molar refractivity (Wildman–Crippen MR) is 125 cm³/mol. The monoisotopic (exact) mass is 441 g/mol. The third-order valence-corrected chi connectivity index (χ3v) is 4.73. The number of nitrogens with one attached hydrogen (secondary N) is 3. The van der Waals surface area contributed by atoms with E-state index in [-0.39, 0.29) is 11.7 Å². The molecule has 0 heterocycles. The number of carbonyl (C=O) groups excluding carboxylic acids is 2. The largest absolute Gasteiger partial charge is 0.496 e. The van der Waals surface area contributed by atoms with Gasteiger partial charge in [-0.3, -0.25) is 25.8 Å². The standard InChI is InChI=1S/C23H27N3O4S/c1-4-16(2)18-10-6-8-12-20(18)30-15-22(28)25-26-23(31)24-21(27)14-13-17-9-5-7-11-19(17)29-3/h5-14,16H,4,15H2,1-3H3,(H,25,28)(H2,24,26,27,31)/b14-13+. The number of hydrogen-bond acceptors (Lipinski definition) is 5. The van der Waals surface area contributed by atoms with E-state index in [4.69, 9.17) is 21.7 Å². The fourth-order valence-corrected chi connectivity index (χ4v) is 2.85. The van der Waals surface area contributed by atoms with E-state index in [1.807, 2.05) is 42.5 Å². The highest BCUT2D eigenvalue weighted by atomic mass is 32.1. The zero-order chi connectivity index (χ0) is 22.6. The second-order valence-electron chi connectivity index (χ2n) is 6.70. The van der Waals surface area contributed by atoms with Crippen molar-refractivity contribution >= 4 is 35.2 Å². The Kier molecular flexibility index (Phi) is 9.51. The van der Waals surface area contributed by atoms with Gasteiger partial charge in [0.1, 0.15) is 11.5 Å². The highest BCUT2D eigenvalue weighted by molar-refractivity contribution is 7.80. The summed E-state index contributed by atoms with van der Waals surface area (Å²) in [7, 11) is 1.56. The molecule has 0 fully saturated rings. The van der Waals surface area contributed by atoms with Crippen molar-refractivity contribution in [3.63, 3.8) is 0 Å². The normalized spacial score (nSPS) is 11.5. The van der Waals surface area contributed by atoms with Crippen molar-refractivity contribution in [2.45, 2.75) is 26.2 Å². The molecule has 2 aromatic carbocycles. The Morgan fingerprint density at radius 2 is 1.74 bits per heavy atom. The lowest BCUT2D eigenvalue weighted by atomic mass is 9.98. The molecule has 2 rings (SSSR count). The summed E-state index contributed by atoms with van der Waals surface area (Å²) in [5, 5.41) is 2.41. The predicted octanol–water partition coefficient (Wildman–Crippen LogP) is 3.32. The van der Waals surface area contributed by atoms with Crippen LogP contribution >= 0.6 is 12.2 Å². The number of carbonyl (C=O) groups is 2. The van der Waals surface area contributed by atoms with Crippen LogP contribution in [0.2, 0.25) is 0 Å². The molecule has 0 saturated carbocycles. The van der Waals surface area contributed by atoms with Gasteiger partial charge in [-0.1, -0.05) is 50.2 Å². The molecule has 31 heavy (non-hydrogen) atoms. The van der Waals surface area contributed by atoms with Crippen molar-refractivity contribution in [2.24, 2.45) is 0 Å². The zero-order valence-electron chi connectivity index (χ0n) is 17.8. The smallest absolute Gasteiger partial charge is 0.276 e. The Morgan fingerprint density at radius 3 is 2.45 bits per heavy atom. The highest BCUT2D eigenvalue weighted by Gasteiger charge is 2.11. The lowest BCUT2D eigenvalue weighted by Gasteiger charge is -2.16. The molecule has 7 nitrogen and oxygen atoms in total. The summed E-state index contributed by atoms with van der Waals surface area (Å²) >= 11 is 5.02. The highest BCUT2D eigenvalue weighted by Crippen LogP contribution is 2.28. The van der Waals surface area contributed by atoms with E-state index < -0.39 is 11.8 Å². The van der Waals surface area contributed by atoms with Gasteiger partial charge in [-0.25, -0.2) is 0 Å². The molecule has 0 aromatic heterocycles. The molecule has 0 saturated heterocycles. The molecule has 164 valence electrons. The third kappa shape index (κ3) is 7.75. The molecular formula is C23H27N3O4S. The molecule has 0 spiro atoms. The number of thiocarbonyl (C=S) groups is 1. The Labute approximate surface area is 187 Å². The first-order valence-electron chi connectivity index (χ1n) is 9.87. The summed E-state index contributed by atoms with van der Waals surface area (Å²) in [4.78, 5) is 24.0. The summed E-state index contributed by atoms with van der Waals surface area (Å²) in [5.74, 6) is 0.763. The zero-order valence-corrected chi connectivity index (χ0v) is 18.6. The van der Waals surface area contributed by atoms with Gasteiger partial charge in [-0.2, -0.15) is 0 Å². The lowest BCUT2D eigenvalue weighted by molar-refractivity contribution is -0.123. The summed E-state index contributed by atoms with van der Waals surface area (Å²) < 4.78 is 10.9. The van der Waals surface area contributed by atoms with Gasteiger partial charge in [-0.05, 0) is 48.3 Å². The van der Waals surface area contributed by atoms with Crippen molar-refractivity contribution in [3.05, 3.63) is 65.7 Å². The molecule has 1 atom stereocenters. The number of ether oxygens (including phenoxy) is 2. The summed E-state index contributed by atoms with van der Waals surface area (Å²) in [6.07, 6.45) is 3.90. The molecule has 1 unspecified atom stereocenters. The van der Waals surface area contributed by atoms with Crippen LogP contribution in [0.25, 0.3) is 6.08 Å².